The molecule has 0 radical (unpaired) electrons. The van der Waals surface area contributed by atoms with Gasteiger partial charge in [-0.3, -0.25) is 9.78 Å². The van der Waals surface area contributed by atoms with Crippen molar-refractivity contribution in [2.24, 2.45) is 0 Å². The molecule has 5 aromatic rings. The van der Waals surface area contributed by atoms with Crippen LogP contribution >= 0.6 is 11.8 Å². The molecule has 0 spiro atoms. The Morgan fingerprint density at radius 3 is 2.38 bits per heavy atom. The van der Waals surface area contributed by atoms with E-state index in [1.807, 2.05) is 54.6 Å². The van der Waals surface area contributed by atoms with Crippen LogP contribution in [0.4, 0.5) is 4.39 Å². The number of fused-ring (bicyclic) bond motifs is 1. The van der Waals surface area contributed by atoms with Crippen molar-refractivity contribution in [2.75, 3.05) is 7.11 Å². The molecule has 37 heavy (non-hydrogen) atoms. The van der Waals surface area contributed by atoms with Gasteiger partial charge >= 0.3 is 0 Å². The summed E-state index contributed by atoms with van der Waals surface area (Å²) in [5.74, 6) is 1.09. The van der Waals surface area contributed by atoms with Crippen LogP contribution in [0, 0.1) is 5.82 Å². The number of thioether (sulfide) groups is 1. The number of pyridine rings is 1. The average molecular weight is 513 g/mol. The summed E-state index contributed by atoms with van der Waals surface area (Å²) in [4.78, 5) is 21.6. The predicted molar refractivity (Wildman–Crippen MR) is 143 cm³/mol. The van der Waals surface area contributed by atoms with Crippen LogP contribution in [-0.4, -0.2) is 27.6 Å². The Morgan fingerprint density at radius 1 is 0.946 bits per heavy atom. The molecule has 8 heteroatoms. The Balaban J connectivity index is 1.24. The standard InChI is InChI=1S/C29H25FN4O2S/c1-36-25-12-6-20(7-13-25)16-32-28(35)23-8-2-22(3-9-23)19-37-29-33-26-14-15-31-17-27(26)34(29)18-21-4-10-24(30)11-5-21/h2-15,17H,16,18-19H2,1H3,(H,32,35). The summed E-state index contributed by atoms with van der Waals surface area (Å²) in [6.45, 7) is 1.01. The van der Waals surface area contributed by atoms with Gasteiger partial charge in [-0.1, -0.05) is 48.2 Å². The lowest BCUT2D eigenvalue weighted by atomic mass is 10.1. The molecule has 1 N–H and O–H groups in total. The molecule has 0 saturated carbocycles. The number of amides is 1. The number of hydrogen-bond donors (Lipinski definition) is 1. The number of imidazole rings is 1. The molecule has 5 rings (SSSR count). The van der Waals surface area contributed by atoms with E-state index < -0.39 is 0 Å². The first kappa shape index (κ1) is 24.5. The third kappa shape index (κ3) is 5.98. The number of aromatic nitrogens is 3. The summed E-state index contributed by atoms with van der Waals surface area (Å²) in [7, 11) is 1.63. The number of halogens is 1. The number of rotatable bonds is 9. The van der Waals surface area contributed by atoms with E-state index in [9.17, 15) is 9.18 Å². The average Bonchev–Trinajstić information content (AvgIpc) is 3.29. The van der Waals surface area contributed by atoms with E-state index in [1.54, 1.807) is 43.4 Å². The molecule has 2 aromatic heterocycles. The molecule has 0 bridgehead atoms. The topological polar surface area (TPSA) is 69.0 Å². The van der Waals surface area contributed by atoms with E-state index in [2.05, 4.69) is 14.9 Å². The maximum Gasteiger partial charge on any atom is 0.251 e. The Labute approximate surface area is 218 Å². The highest BCUT2D eigenvalue weighted by atomic mass is 32.2. The van der Waals surface area contributed by atoms with E-state index in [1.165, 1.54) is 12.1 Å². The van der Waals surface area contributed by atoms with E-state index in [4.69, 9.17) is 9.72 Å². The fourth-order valence-corrected chi connectivity index (χ4v) is 4.88. The van der Waals surface area contributed by atoms with E-state index >= 15 is 0 Å². The lowest BCUT2D eigenvalue weighted by molar-refractivity contribution is 0.0951. The minimum absolute atomic E-state index is 0.122. The Kier molecular flexibility index (Phi) is 7.46. The van der Waals surface area contributed by atoms with Gasteiger partial charge in [-0.15, -0.1) is 0 Å². The Hall–Kier alpha value is -4.17. The van der Waals surface area contributed by atoms with Gasteiger partial charge in [-0.05, 0) is 59.2 Å². The molecule has 0 aliphatic rings. The zero-order chi connectivity index (χ0) is 25.6. The highest BCUT2D eigenvalue weighted by Gasteiger charge is 2.13. The number of carbonyl (C=O) groups is 1. The second kappa shape index (κ2) is 11.3. The van der Waals surface area contributed by atoms with Crippen molar-refractivity contribution in [1.29, 1.82) is 0 Å². The van der Waals surface area contributed by atoms with E-state index in [0.29, 0.717) is 24.4 Å². The molecule has 0 atom stereocenters. The fraction of sp³-hybridized carbons (Fsp3) is 0.138. The summed E-state index contributed by atoms with van der Waals surface area (Å²) in [6.07, 6.45) is 3.53. The van der Waals surface area contributed by atoms with Crippen LogP contribution in [0.25, 0.3) is 11.0 Å². The zero-order valence-corrected chi connectivity index (χ0v) is 21.0. The molecule has 6 nitrogen and oxygen atoms in total. The number of ether oxygens (including phenoxy) is 1. The van der Waals surface area contributed by atoms with Crippen LogP contribution in [0.5, 0.6) is 5.75 Å². The second-order valence-electron chi connectivity index (χ2n) is 8.49. The van der Waals surface area contributed by atoms with Crippen LogP contribution in [0.3, 0.4) is 0 Å². The normalized spacial score (nSPS) is 11.0. The van der Waals surface area contributed by atoms with Gasteiger partial charge in [0.15, 0.2) is 5.16 Å². The van der Waals surface area contributed by atoms with Crippen molar-refractivity contribution in [3.63, 3.8) is 0 Å². The molecule has 186 valence electrons. The van der Waals surface area contributed by atoms with Crippen LogP contribution in [0.1, 0.15) is 27.0 Å². The molecule has 2 heterocycles. The molecular formula is C29H25FN4O2S. The lowest BCUT2D eigenvalue weighted by Gasteiger charge is -2.10. The van der Waals surface area contributed by atoms with Crippen molar-refractivity contribution in [3.05, 3.63) is 119 Å². The van der Waals surface area contributed by atoms with Crippen molar-refractivity contribution < 1.29 is 13.9 Å². The molecular weight excluding hydrogens is 487 g/mol. The number of benzene rings is 3. The first-order valence-electron chi connectivity index (χ1n) is 11.8. The molecule has 0 aliphatic carbocycles. The summed E-state index contributed by atoms with van der Waals surface area (Å²) in [6, 6.07) is 23.6. The summed E-state index contributed by atoms with van der Waals surface area (Å²) < 4.78 is 20.6. The smallest absolute Gasteiger partial charge is 0.251 e. The van der Waals surface area contributed by atoms with Crippen LogP contribution in [0.2, 0.25) is 0 Å². The molecule has 0 saturated heterocycles. The van der Waals surface area contributed by atoms with Crippen molar-refractivity contribution in [2.45, 2.75) is 24.0 Å². The van der Waals surface area contributed by atoms with Gasteiger partial charge in [-0.25, -0.2) is 9.37 Å². The molecule has 3 aromatic carbocycles. The SMILES string of the molecule is COc1ccc(CNC(=O)c2ccc(CSc3nc4ccncc4n3Cc3ccc(F)cc3)cc2)cc1. The fourth-order valence-electron chi connectivity index (χ4n) is 3.91. The maximum absolute atomic E-state index is 13.4. The molecule has 0 fully saturated rings. The van der Waals surface area contributed by atoms with Gasteiger partial charge in [0.2, 0.25) is 0 Å². The lowest BCUT2D eigenvalue weighted by Crippen LogP contribution is -2.22. The molecule has 1 amide bonds. The highest BCUT2D eigenvalue weighted by Crippen LogP contribution is 2.27. The van der Waals surface area contributed by atoms with Crippen LogP contribution in [-0.2, 0) is 18.8 Å². The van der Waals surface area contributed by atoms with E-state index in [-0.39, 0.29) is 11.7 Å². The minimum Gasteiger partial charge on any atom is -0.497 e. The number of hydrogen-bond acceptors (Lipinski definition) is 5. The first-order chi connectivity index (χ1) is 18.1. The second-order valence-corrected chi connectivity index (χ2v) is 9.43. The Bertz CT molecular complexity index is 1500. The first-order valence-corrected chi connectivity index (χ1v) is 12.7. The third-order valence-electron chi connectivity index (χ3n) is 5.97. The zero-order valence-electron chi connectivity index (χ0n) is 20.2. The quantitative estimate of drug-likeness (QED) is 0.251. The van der Waals surface area contributed by atoms with Crippen molar-refractivity contribution >= 4 is 28.7 Å². The highest BCUT2D eigenvalue weighted by molar-refractivity contribution is 7.98. The van der Waals surface area contributed by atoms with Crippen LogP contribution < -0.4 is 10.1 Å². The molecule has 0 aliphatic heterocycles. The number of carbonyl (C=O) groups excluding carboxylic acids is 1. The van der Waals surface area contributed by atoms with Gasteiger partial charge < -0.3 is 14.6 Å². The van der Waals surface area contributed by atoms with E-state index in [0.717, 1.165) is 38.6 Å². The summed E-state index contributed by atoms with van der Waals surface area (Å²) in [5.41, 5.74) is 5.46. The number of nitrogens with zero attached hydrogens (tertiary/aromatic N) is 3. The van der Waals surface area contributed by atoms with Crippen LogP contribution in [0.15, 0.2) is 96.4 Å². The van der Waals surface area contributed by atoms with Gasteiger partial charge in [0.05, 0.1) is 30.9 Å². The third-order valence-corrected chi connectivity index (χ3v) is 7.01. The van der Waals surface area contributed by atoms with Gasteiger partial charge in [0, 0.05) is 24.1 Å². The number of nitrogens with one attached hydrogen (secondary N) is 1. The summed E-state index contributed by atoms with van der Waals surface area (Å²) >= 11 is 1.61. The monoisotopic (exact) mass is 512 g/mol. The summed E-state index contributed by atoms with van der Waals surface area (Å²) in [5, 5.41) is 3.81. The van der Waals surface area contributed by atoms with Gasteiger partial charge in [0.25, 0.3) is 5.91 Å². The maximum atomic E-state index is 13.4. The van der Waals surface area contributed by atoms with Crippen molar-refractivity contribution in [1.82, 2.24) is 19.9 Å². The number of methoxy groups -OCH3 is 1. The van der Waals surface area contributed by atoms with Gasteiger partial charge in [0.1, 0.15) is 11.6 Å². The van der Waals surface area contributed by atoms with Gasteiger partial charge in [-0.2, -0.15) is 0 Å². The van der Waals surface area contributed by atoms with Crippen molar-refractivity contribution in [3.8, 4) is 5.75 Å². The largest absolute Gasteiger partial charge is 0.497 e. The molecule has 0 unspecified atom stereocenters. The predicted octanol–water partition coefficient (Wildman–Crippen LogP) is 5.85. The Morgan fingerprint density at radius 2 is 1.65 bits per heavy atom. The minimum atomic E-state index is -0.256.